The van der Waals surface area contributed by atoms with Crippen molar-refractivity contribution in [3.63, 3.8) is 0 Å². The number of benzene rings is 1. The summed E-state index contributed by atoms with van der Waals surface area (Å²) >= 11 is 0. The molecule has 7 nitrogen and oxygen atoms in total. The minimum Gasteiger partial charge on any atom is -0.284 e. The zero-order valence-electron chi connectivity index (χ0n) is 11.2. The number of imide groups is 1. The lowest BCUT2D eigenvalue weighted by molar-refractivity contribution is -0.137. The largest absolute Gasteiger partial charge is 0.284 e. The molecule has 110 valence electrons. The van der Waals surface area contributed by atoms with E-state index in [9.17, 15) is 18.0 Å². The molecule has 1 N–H and O–H groups in total. The summed E-state index contributed by atoms with van der Waals surface area (Å²) in [6.07, 6.45) is 0.00917. The smallest absolute Gasteiger partial charge is 0.247 e. The third-order valence-electron chi connectivity index (χ3n) is 3.20. The van der Waals surface area contributed by atoms with E-state index < -0.39 is 27.9 Å². The summed E-state index contributed by atoms with van der Waals surface area (Å²) in [5.74, 6) is -0.984. The summed E-state index contributed by atoms with van der Waals surface area (Å²) in [6.45, 7) is 0. The van der Waals surface area contributed by atoms with E-state index in [1.807, 2.05) is 6.07 Å². The van der Waals surface area contributed by atoms with Crippen molar-refractivity contribution in [1.82, 2.24) is 9.62 Å². The molecule has 1 saturated heterocycles. The maximum atomic E-state index is 12.2. The lowest BCUT2D eigenvalue weighted by Gasteiger charge is -2.11. The highest BCUT2D eigenvalue weighted by Gasteiger charge is 2.38. The Morgan fingerprint density at radius 3 is 2.43 bits per heavy atom. The monoisotopic (exact) mass is 307 g/mol. The van der Waals surface area contributed by atoms with Crippen LogP contribution in [0.5, 0.6) is 0 Å². The van der Waals surface area contributed by atoms with Crippen LogP contribution in [-0.2, 0) is 26.0 Å². The number of carbonyl (C=O) groups is 2. The quantitative estimate of drug-likeness (QED) is 0.774. The molecule has 1 unspecified atom stereocenters. The van der Waals surface area contributed by atoms with Gasteiger partial charge in [0, 0.05) is 7.05 Å². The van der Waals surface area contributed by atoms with Gasteiger partial charge in [0.15, 0.2) is 0 Å². The van der Waals surface area contributed by atoms with Crippen molar-refractivity contribution in [2.24, 2.45) is 0 Å². The molecule has 0 saturated carbocycles. The van der Waals surface area contributed by atoms with Crippen molar-refractivity contribution >= 4 is 21.8 Å². The Morgan fingerprint density at radius 2 is 1.95 bits per heavy atom. The van der Waals surface area contributed by atoms with Crippen LogP contribution in [0.3, 0.4) is 0 Å². The second-order valence-electron chi connectivity index (χ2n) is 4.65. The van der Waals surface area contributed by atoms with E-state index in [0.29, 0.717) is 5.56 Å². The summed E-state index contributed by atoms with van der Waals surface area (Å²) in [6, 6.07) is 6.69. The van der Waals surface area contributed by atoms with Crippen molar-refractivity contribution in [2.45, 2.75) is 23.8 Å². The molecule has 1 aliphatic rings. The number of nitriles is 1. The van der Waals surface area contributed by atoms with Gasteiger partial charge in [-0.3, -0.25) is 14.5 Å². The van der Waals surface area contributed by atoms with E-state index >= 15 is 0 Å². The van der Waals surface area contributed by atoms with Gasteiger partial charge in [-0.15, -0.1) is 0 Å². The summed E-state index contributed by atoms with van der Waals surface area (Å²) in [4.78, 5) is 24.0. The number of rotatable bonds is 4. The lowest BCUT2D eigenvalue weighted by Crippen LogP contribution is -2.40. The van der Waals surface area contributed by atoms with Crippen molar-refractivity contribution in [3.05, 3.63) is 29.8 Å². The topological polar surface area (TPSA) is 107 Å². The minimum atomic E-state index is -3.89. The van der Waals surface area contributed by atoms with Crippen LogP contribution in [-0.4, -0.2) is 38.2 Å². The van der Waals surface area contributed by atoms with E-state index in [4.69, 9.17) is 5.26 Å². The van der Waals surface area contributed by atoms with Crippen molar-refractivity contribution in [1.29, 1.82) is 5.26 Å². The maximum absolute atomic E-state index is 12.2. The van der Waals surface area contributed by atoms with Crippen LogP contribution in [0.1, 0.15) is 12.0 Å². The van der Waals surface area contributed by atoms with Gasteiger partial charge in [-0.05, 0) is 17.7 Å². The van der Waals surface area contributed by atoms with E-state index in [1.54, 1.807) is 0 Å². The van der Waals surface area contributed by atoms with E-state index in [-0.39, 0.29) is 17.7 Å². The van der Waals surface area contributed by atoms with Crippen molar-refractivity contribution < 1.29 is 18.0 Å². The van der Waals surface area contributed by atoms with Crippen LogP contribution in [0, 0.1) is 11.3 Å². The molecule has 2 amide bonds. The standard InChI is InChI=1S/C13H13N3O4S/c1-16-12(17)8-11(13(16)18)15-21(19,20)10-4-2-9(3-5-10)6-7-14/h2-5,11,15H,6,8H2,1H3. The van der Waals surface area contributed by atoms with Crippen LogP contribution >= 0.6 is 0 Å². The van der Waals surface area contributed by atoms with Crippen LogP contribution in [0.4, 0.5) is 0 Å². The Balaban J connectivity index is 2.17. The Bertz CT molecular complexity index is 719. The van der Waals surface area contributed by atoms with Crippen LogP contribution in [0.2, 0.25) is 0 Å². The third kappa shape index (κ3) is 3.09. The molecule has 1 aliphatic heterocycles. The minimum absolute atomic E-state index is 0.0148. The van der Waals surface area contributed by atoms with Crippen LogP contribution in [0.15, 0.2) is 29.2 Å². The van der Waals surface area contributed by atoms with E-state index in [0.717, 1.165) is 4.90 Å². The molecule has 0 radical (unpaired) electrons. The number of sulfonamides is 1. The average molecular weight is 307 g/mol. The number of nitrogens with zero attached hydrogens (tertiary/aromatic N) is 2. The summed E-state index contributed by atoms with van der Waals surface area (Å²) in [7, 11) is -2.57. The van der Waals surface area contributed by atoms with Crippen molar-refractivity contribution in [3.8, 4) is 6.07 Å². The number of nitrogens with one attached hydrogen (secondary N) is 1. The van der Waals surface area contributed by atoms with Crippen molar-refractivity contribution in [2.75, 3.05) is 7.05 Å². The predicted octanol–water partition coefficient (Wildman–Crippen LogP) is -0.212. The Kier molecular flexibility index (Phi) is 4.06. The van der Waals surface area contributed by atoms with E-state index in [2.05, 4.69) is 4.72 Å². The highest BCUT2D eigenvalue weighted by Crippen LogP contribution is 2.16. The van der Waals surface area contributed by atoms with Gasteiger partial charge < -0.3 is 0 Å². The first-order chi connectivity index (χ1) is 9.85. The molecule has 0 aromatic heterocycles. The molecule has 1 aromatic carbocycles. The zero-order chi connectivity index (χ0) is 15.6. The number of likely N-dealkylation sites (N-methyl/N-ethyl adjacent to an activating group) is 1. The normalized spacial score (nSPS) is 18.9. The molecule has 1 heterocycles. The molecule has 1 atom stereocenters. The van der Waals surface area contributed by atoms with Gasteiger partial charge in [-0.1, -0.05) is 12.1 Å². The Labute approximate surface area is 122 Å². The first-order valence-corrected chi connectivity index (χ1v) is 7.62. The fourth-order valence-corrected chi connectivity index (χ4v) is 3.17. The van der Waals surface area contributed by atoms with Gasteiger partial charge in [0.25, 0.3) is 0 Å². The van der Waals surface area contributed by atoms with Crippen LogP contribution in [0.25, 0.3) is 0 Å². The molecule has 1 fully saturated rings. The van der Waals surface area contributed by atoms with Gasteiger partial charge in [-0.25, -0.2) is 8.42 Å². The summed E-state index contributed by atoms with van der Waals surface area (Å²) in [5.41, 5.74) is 0.698. The second-order valence-corrected chi connectivity index (χ2v) is 6.36. The molecule has 0 bridgehead atoms. The molecule has 0 aliphatic carbocycles. The molecule has 1 aromatic rings. The number of carbonyl (C=O) groups excluding carboxylic acids is 2. The molecule has 8 heteroatoms. The molecular weight excluding hydrogens is 294 g/mol. The SMILES string of the molecule is CN1C(=O)CC(NS(=O)(=O)c2ccc(CC#N)cc2)C1=O. The molecule has 2 rings (SSSR count). The predicted molar refractivity (Wildman–Crippen MR) is 72.3 cm³/mol. The average Bonchev–Trinajstić information content (AvgIpc) is 2.67. The van der Waals surface area contributed by atoms with Gasteiger partial charge in [0.05, 0.1) is 23.8 Å². The highest BCUT2D eigenvalue weighted by atomic mass is 32.2. The Morgan fingerprint density at radius 1 is 1.33 bits per heavy atom. The van der Waals surface area contributed by atoms with Gasteiger partial charge in [0.2, 0.25) is 21.8 Å². The van der Waals surface area contributed by atoms with Crippen LogP contribution < -0.4 is 4.72 Å². The summed E-state index contributed by atoms with van der Waals surface area (Å²) in [5, 5.41) is 8.56. The third-order valence-corrected chi connectivity index (χ3v) is 4.68. The molecular formula is C13H13N3O4S. The molecule has 0 spiro atoms. The fourth-order valence-electron chi connectivity index (χ4n) is 1.98. The lowest BCUT2D eigenvalue weighted by atomic mass is 10.2. The van der Waals surface area contributed by atoms with Gasteiger partial charge in [0.1, 0.15) is 6.04 Å². The second kappa shape index (κ2) is 5.63. The Hall–Kier alpha value is -2.24. The number of likely N-dealkylation sites (tertiary alicyclic amines) is 1. The molecule has 21 heavy (non-hydrogen) atoms. The first-order valence-electron chi connectivity index (χ1n) is 6.14. The number of hydrogen-bond donors (Lipinski definition) is 1. The maximum Gasteiger partial charge on any atom is 0.247 e. The summed E-state index contributed by atoms with van der Waals surface area (Å²) < 4.78 is 26.5. The van der Waals surface area contributed by atoms with E-state index in [1.165, 1.54) is 31.3 Å². The number of hydrogen-bond acceptors (Lipinski definition) is 5. The van der Waals surface area contributed by atoms with Gasteiger partial charge >= 0.3 is 0 Å². The zero-order valence-corrected chi connectivity index (χ0v) is 12.1. The van der Waals surface area contributed by atoms with Gasteiger partial charge in [-0.2, -0.15) is 9.98 Å². The fraction of sp³-hybridized carbons (Fsp3) is 0.308. The highest BCUT2D eigenvalue weighted by molar-refractivity contribution is 7.89. The number of amides is 2. The first kappa shape index (κ1) is 15.2.